The molecule has 0 aliphatic rings. The van der Waals surface area contributed by atoms with E-state index in [1.54, 1.807) is 12.4 Å². The highest BCUT2D eigenvalue weighted by Gasteiger charge is 2.02. The topological polar surface area (TPSA) is 40.7 Å². The number of hydrogen-bond donors (Lipinski definition) is 2. The van der Waals surface area contributed by atoms with Gasteiger partial charge in [-0.25, -0.2) is 13.8 Å². The van der Waals surface area contributed by atoms with E-state index in [1.165, 1.54) is 6.07 Å². The third kappa shape index (κ3) is 2.31. The van der Waals surface area contributed by atoms with Crippen molar-refractivity contribution in [3.8, 4) is 0 Å². The number of aromatic nitrogens is 2. The van der Waals surface area contributed by atoms with Crippen molar-refractivity contribution in [2.45, 2.75) is 6.54 Å². The fourth-order valence-corrected chi connectivity index (χ4v) is 1.20. The number of nitrogens with zero attached hydrogens (tertiary/aromatic N) is 1. The van der Waals surface area contributed by atoms with Gasteiger partial charge in [-0.1, -0.05) is 6.07 Å². The molecule has 0 spiro atoms. The van der Waals surface area contributed by atoms with Gasteiger partial charge >= 0.3 is 0 Å². The summed E-state index contributed by atoms with van der Waals surface area (Å²) in [4.78, 5) is 6.78. The standard InChI is InChI=1S/C10H9F2N3/c11-8-2-1-7(5-9(8)12)6-15-10-13-3-4-14-10/h1-5H,6H2,(H2,13,14,15). The van der Waals surface area contributed by atoms with Crippen molar-refractivity contribution in [1.29, 1.82) is 0 Å². The quantitative estimate of drug-likeness (QED) is 0.814. The Kier molecular flexibility index (Phi) is 2.62. The lowest BCUT2D eigenvalue weighted by Crippen LogP contribution is -2.01. The summed E-state index contributed by atoms with van der Waals surface area (Å²) in [5, 5.41) is 2.93. The van der Waals surface area contributed by atoms with Crippen molar-refractivity contribution < 1.29 is 8.78 Å². The third-order valence-corrected chi connectivity index (χ3v) is 1.94. The molecule has 0 aliphatic heterocycles. The Balaban J connectivity index is 2.02. The van der Waals surface area contributed by atoms with Crippen LogP contribution in [0.4, 0.5) is 14.7 Å². The van der Waals surface area contributed by atoms with E-state index in [4.69, 9.17) is 0 Å². The van der Waals surface area contributed by atoms with Crippen LogP contribution in [-0.4, -0.2) is 9.97 Å². The molecular weight excluding hydrogens is 200 g/mol. The van der Waals surface area contributed by atoms with Crippen LogP contribution in [0.15, 0.2) is 30.6 Å². The van der Waals surface area contributed by atoms with Gasteiger partial charge < -0.3 is 10.3 Å². The Bertz CT molecular complexity index is 440. The molecule has 3 nitrogen and oxygen atoms in total. The molecule has 0 bridgehead atoms. The number of halogens is 2. The normalized spacial score (nSPS) is 10.3. The molecule has 0 aliphatic carbocycles. The first-order chi connectivity index (χ1) is 7.25. The second-order valence-electron chi connectivity index (χ2n) is 3.04. The van der Waals surface area contributed by atoms with Crippen LogP contribution in [0.3, 0.4) is 0 Å². The van der Waals surface area contributed by atoms with Gasteiger partial charge in [-0.2, -0.15) is 0 Å². The maximum absolute atomic E-state index is 12.8. The van der Waals surface area contributed by atoms with Gasteiger partial charge in [-0.15, -0.1) is 0 Å². The number of hydrogen-bond acceptors (Lipinski definition) is 2. The molecule has 5 heteroatoms. The number of aromatic amines is 1. The highest BCUT2D eigenvalue weighted by atomic mass is 19.2. The summed E-state index contributed by atoms with van der Waals surface area (Å²) in [6.45, 7) is 0.394. The largest absolute Gasteiger partial charge is 0.352 e. The van der Waals surface area contributed by atoms with Gasteiger partial charge in [0.15, 0.2) is 17.6 Å². The minimum absolute atomic E-state index is 0.394. The number of benzene rings is 1. The smallest absolute Gasteiger partial charge is 0.200 e. The zero-order valence-electron chi connectivity index (χ0n) is 7.80. The molecule has 78 valence electrons. The first-order valence-electron chi connectivity index (χ1n) is 4.43. The van der Waals surface area contributed by atoms with Gasteiger partial charge in [-0.05, 0) is 17.7 Å². The molecule has 15 heavy (non-hydrogen) atoms. The summed E-state index contributed by atoms with van der Waals surface area (Å²) >= 11 is 0. The van der Waals surface area contributed by atoms with E-state index in [1.807, 2.05) is 0 Å². The molecule has 0 unspecified atom stereocenters. The summed E-state index contributed by atoms with van der Waals surface area (Å²) in [6, 6.07) is 3.79. The first kappa shape index (κ1) is 9.64. The lowest BCUT2D eigenvalue weighted by molar-refractivity contribution is 0.507. The predicted molar refractivity (Wildman–Crippen MR) is 52.3 cm³/mol. The van der Waals surface area contributed by atoms with E-state index in [0.29, 0.717) is 18.1 Å². The minimum Gasteiger partial charge on any atom is -0.352 e. The fourth-order valence-electron chi connectivity index (χ4n) is 1.20. The molecule has 1 aromatic carbocycles. The van der Waals surface area contributed by atoms with Crippen LogP contribution in [0.5, 0.6) is 0 Å². The Morgan fingerprint density at radius 2 is 2.13 bits per heavy atom. The van der Waals surface area contributed by atoms with Crippen LogP contribution >= 0.6 is 0 Å². The van der Waals surface area contributed by atoms with Crippen molar-refractivity contribution in [1.82, 2.24) is 9.97 Å². The molecular formula is C10H9F2N3. The zero-order chi connectivity index (χ0) is 10.7. The van der Waals surface area contributed by atoms with Gasteiger partial charge in [0.25, 0.3) is 0 Å². The molecule has 2 rings (SSSR count). The zero-order valence-corrected chi connectivity index (χ0v) is 7.80. The van der Waals surface area contributed by atoms with Crippen LogP contribution in [-0.2, 0) is 6.54 Å². The molecule has 1 aromatic heterocycles. The number of rotatable bonds is 3. The molecule has 0 atom stereocenters. The van der Waals surface area contributed by atoms with Gasteiger partial charge in [-0.3, -0.25) is 0 Å². The summed E-state index contributed by atoms with van der Waals surface area (Å²) in [6.07, 6.45) is 3.28. The number of imidazole rings is 1. The molecule has 2 N–H and O–H groups in total. The second kappa shape index (κ2) is 4.08. The fraction of sp³-hybridized carbons (Fsp3) is 0.100. The van der Waals surface area contributed by atoms with Crippen molar-refractivity contribution in [2.24, 2.45) is 0 Å². The highest BCUT2D eigenvalue weighted by molar-refractivity contribution is 5.27. The lowest BCUT2D eigenvalue weighted by atomic mass is 10.2. The first-order valence-corrected chi connectivity index (χ1v) is 4.43. The average molecular weight is 209 g/mol. The summed E-state index contributed by atoms with van der Waals surface area (Å²) < 4.78 is 25.4. The monoisotopic (exact) mass is 209 g/mol. The van der Waals surface area contributed by atoms with Gasteiger partial charge in [0.1, 0.15) is 0 Å². The molecule has 0 amide bonds. The maximum Gasteiger partial charge on any atom is 0.200 e. The lowest BCUT2D eigenvalue weighted by Gasteiger charge is -2.03. The van der Waals surface area contributed by atoms with E-state index >= 15 is 0 Å². The number of nitrogens with one attached hydrogen (secondary N) is 2. The van der Waals surface area contributed by atoms with Crippen molar-refractivity contribution in [3.63, 3.8) is 0 Å². The Labute approximate surface area is 85.2 Å². The van der Waals surface area contributed by atoms with Crippen molar-refractivity contribution >= 4 is 5.95 Å². The molecule has 1 heterocycles. The SMILES string of the molecule is Fc1ccc(CNc2ncc[nH]2)cc1F. The third-order valence-electron chi connectivity index (χ3n) is 1.94. The van der Waals surface area contributed by atoms with Gasteiger partial charge in [0.2, 0.25) is 0 Å². The molecule has 0 radical (unpaired) electrons. The maximum atomic E-state index is 12.8. The average Bonchev–Trinajstić information content (AvgIpc) is 2.73. The molecule has 0 fully saturated rings. The minimum atomic E-state index is -0.839. The molecule has 2 aromatic rings. The van der Waals surface area contributed by atoms with E-state index in [2.05, 4.69) is 15.3 Å². The van der Waals surface area contributed by atoms with Crippen LogP contribution in [0, 0.1) is 11.6 Å². The summed E-state index contributed by atoms with van der Waals surface area (Å²) in [7, 11) is 0. The van der Waals surface area contributed by atoms with E-state index in [0.717, 1.165) is 12.1 Å². The Morgan fingerprint density at radius 1 is 1.27 bits per heavy atom. The van der Waals surface area contributed by atoms with Gasteiger partial charge in [0, 0.05) is 18.9 Å². The number of H-pyrrole nitrogens is 1. The Morgan fingerprint density at radius 3 is 2.80 bits per heavy atom. The predicted octanol–water partition coefficient (Wildman–Crippen LogP) is 2.30. The van der Waals surface area contributed by atoms with Crippen molar-refractivity contribution in [2.75, 3.05) is 5.32 Å². The number of anilines is 1. The van der Waals surface area contributed by atoms with E-state index < -0.39 is 11.6 Å². The second-order valence-corrected chi connectivity index (χ2v) is 3.04. The van der Waals surface area contributed by atoms with Crippen LogP contribution < -0.4 is 5.32 Å². The van der Waals surface area contributed by atoms with Crippen LogP contribution in [0.1, 0.15) is 5.56 Å². The molecule has 0 saturated carbocycles. The van der Waals surface area contributed by atoms with Gasteiger partial charge in [0.05, 0.1) is 0 Å². The molecule has 0 saturated heterocycles. The van der Waals surface area contributed by atoms with Crippen LogP contribution in [0.25, 0.3) is 0 Å². The van der Waals surface area contributed by atoms with E-state index in [9.17, 15) is 8.78 Å². The Hall–Kier alpha value is -1.91. The van der Waals surface area contributed by atoms with Crippen LogP contribution in [0.2, 0.25) is 0 Å². The van der Waals surface area contributed by atoms with E-state index in [-0.39, 0.29) is 0 Å². The highest BCUT2D eigenvalue weighted by Crippen LogP contribution is 2.09. The summed E-state index contributed by atoms with van der Waals surface area (Å²) in [5.74, 6) is -1.08. The van der Waals surface area contributed by atoms with Crippen molar-refractivity contribution in [3.05, 3.63) is 47.8 Å². The summed E-state index contributed by atoms with van der Waals surface area (Å²) in [5.41, 5.74) is 0.658.